The maximum atomic E-state index is 12.5. The van der Waals surface area contributed by atoms with Crippen molar-refractivity contribution in [1.29, 1.82) is 0 Å². The number of rotatable bonds is 3. The molecule has 2 unspecified atom stereocenters. The predicted molar refractivity (Wildman–Crippen MR) is 89.0 cm³/mol. The van der Waals surface area contributed by atoms with E-state index in [1.807, 2.05) is 30.3 Å². The fraction of sp³-hybridized carbons (Fsp3) is 0.438. The van der Waals surface area contributed by atoms with Gasteiger partial charge in [-0.25, -0.2) is 4.79 Å². The zero-order valence-electron chi connectivity index (χ0n) is 12.6. The molecule has 7 heteroatoms. The maximum Gasteiger partial charge on any atom is 0.407 e. The Morgan fingerprint density at radius 2 is 2.09 bits per heavy atom. The van der Waals surface area contributed by atoms with Gasteiger partial charge in [-0.3, -0.25) is 9.69 Å². The summed E-state index contributed by atoms with van der Waals surface area (Å²) in [7, 11) is 0. The SMILES string of the molecule is O=C1CC(c2ccccc2)NC(=S)N1CC1CCCN1C(=O)O. The number of hydrogen-bond acceptors (Lipinski definition) is 3. The van der Waals surface area contributed by atoms with Crippen LogP contribution in [0, 0.1) is 0 Å². The minimum Gasteiger partial charge on any atom is -0.465 e. The molecule has 3 rings (SSSR count). The second kappa shape index (κ2) is 6.54. The van der Waals surface area contributed by atoms with Crippen molar-refractivity contribution in [3.8, 4) is 0 Å². The summed E-state index contributed by atoms with van der Waals surface area (Å²) in [4.78, 5) is 26.6. The number of carbonyl (C=O) groups is 2. The Balaban J connectivity index is 1.68. The van der Waals surface area contributed by atoms with Gasteiger partial charge in [-0.05, 0) is 30.6 Å². The molecule has 2 atom stereocenters. The summed E-state index contributed by atoms with van der Waals surface area (Å²) in [5.41, 5.74) is 1.02. The van der Waals surface area contributed by atoms with Crippen LogP contribution in [0.2, 0.25) is 0 Å². The van der Waals surface area contributed by atoms with E-state index in [2.05, 4.69) is 5.32 Å². The van der Waals surface area contributed by atoms with Crippen LogP contribution in [-0.4, -0.2) is 51.2 Å². The van der Waals surface area contributed by atoms with E-state index in [0.717, 1.165) is 18.4 Å². The quantitative estimate of drug-likeness (QED) is 0.828. The normalized spacial score (nSPS) is 24.7. The molecule has 2 aliphatic rings. The van der Waals surface area contributed by atoms with Crippen LogP contribution in [-0.2, 0) is 4.79 Å². The number of carboxylic acid groups (broad SMARTS) is 1. The Morgan fingerprint density at radius 1 is 1.35 bits per heavy atom. The molecule has 122 valence electrons. The molecule has 23 heavy (non-hydrogen) atoms. The van der Waals surface area contributed by atoms with Crippen molar-refractivity contribution in [2.24, 2.45) is 0 Å². The highest BCUT2D eigenvalue weighted by Gasteiger charge is 2.36. The van der Waals surface area contributed by atoms with E-state index in [4.69, 9.17) is 12.2 Å². The van der Waals surface area contributed by atoms with Gasteiger partial charge in [0.2, 0.25) is 5.91 Å². The fourth-order valence-electron chi connectivity index (χ4n) is 3.24. The monoisotopic (exact) mass is 333 g/mol. The van der Waals surface area contributed by atoms with Gasteiger partial charge in [0.25, 0.3) is 0 Å². The Hall–Kier alpha value is -2.15. The van der Waals surface area contributed by atoms with Gasteiger partial charge in [0.1, 0.15) is 0 Å². The number of hydrogen-bond donors (Lipinski definition) is 2. The Morgan fingerprint density at radius 3 is 2.74 bits per heavy atom. The molecular formula is C16H19N3O3S. The average molecular weight is 333 g/mol. The maximum absolute atomic E-state index is 12.5. The molecule has 2 aliphatic heterocycles. The molecule has 0 radical (unpaired) electrons. The van der Waals surface area contributed by atoms with E-state index in [-0.39, 0.29) is 18.0 Å². The van der Waals surface area contributed by atoms with Gasteiger partial charge in [0.05, 0.1) is 18.5 Å². The van der Waals surface area contributed by atoms with Gasteiger partial charge in [0.15, 0.2) is 5.11 Å². The van der Waals surface area contributed by atoms with Crippen molar-refractivity contribution in [2.45, 2.75) is 31.3 Å². The van der Waals surface area contributed by atoms with Crippen LogP contribution in [0.25, 0.3) is 0 Å². The lowest BCUT2D eigenvalue weighted by molar-refractivity contribution is -0.129. The third-order valence-electron chi connectivity index (χ3n) is 4.44. The minimum atomic E-state index is -0.932. The number of amides is 2. The molecule has 0 spiro atoms. The summed E-state index contributed by atoms with van der Waals surface area (Å²) in [5, 5.41) is 12.8. The van der Waals surface area contributed by atoms with Crippen LogP contribution in [0.15, 0.2) is 30.3 Å². The van der Waals surface area contributed by atoms with Crippen LogP contribution in [0.3, 0.4) is 0 Å². The number of nitrogens with one attached hydrogen (secondary N) is 1. The molecular weight excluding hydrogens is 314 g/mol. The molecule has 1 aromatic carbocycles. The van der Waals surface area contributed by atoms with E-state index < -0.39 is 6.09 Å². The first-order valence-electron chi connectivity index (χ1n) is 7.71. The molecule has 2 saturated heterocycles. The zero-order valence-corrected chi connectivity index (χ0v) is 13.5. The highest BCUT2D eigenvalue weighted by molar-refractivity contribution is 7.80. The molecule has 0 saturated carbocycles. The third-order valence-corrected chi connectivity index (χ3v) is 4.78. The summed E-state index contributed by atoms with van der Waals surface area (Å²) < 4.78 is 0. The van der Waals surface area contributed by atoms with Crippen molar-refractivity contribution in [2.75, 3.05) is 13.1 Å². The second-order valence-corrected chi connectivity index (χ2v) is 6.28. The lowest BCUT2D eigenvalue weighted by atomic mass is 10.0. The van der Waals surface area contributed by atoms with E-state index in [9.17, 15) is 14.7 Å². The van der Waals surface area contributed by atoms with Crippen molar-refractivity contribution >= 4 is 29.3 Å². The van der Waals surface area contributed by atoms with Gasteiger partial charge >= 0.3 is 6.09 Å². The molecule has 2 amide bonds. The Labute approximate surface area is 140 Å². The largest absolute Gasteiger partial charge is 0.465 e. The van der Waals surface area contributed by atoms with Gasteiger partial charge in [-0.2, -0.15) is 0 Å². The number of thiocarbonyl (C=S) groups is 1. The summed E-state index contributed by atoms with van der Waals surface area (Å²) in [6.07, 6.45) is 0.981. The lowest BCUT2D eigenvalue weighted by Gasteiger charge is -2.36. The molecule has 1 aromatic rings. The molecule has 6 nitrogen and oxygen atoms in total. The van der Waals surface area contributed by atoms with Crippen molar-refractivity contribution < 1.29 is 14.7 Å². The zero-order chi connectivity index (χ0) is 16.4. The first-order chi connectivity index (χ1) is 11.1. The highest BCUT2D eigenvalue weighted by atomic mass is 32.1. The van der Waals surface area contributed by atoms with Crippen LogP contribution in [0.1, 0.15) is 30.9 Å². The molecule has 0 aliphatic carbocycles. The van der Waals surface area contributed by atoms with Gasteiger partial charge < -0.3 is 15.3 Å². The van der Waals surface area contributed by atoms with Crippen molar-refractivity contribution in [3.63, 3.8) is 0 Å². The molecule has 0 bridgehead atoms. The summed E-state index contributed by atoms with van der Waals surface area (Å²) in [6.45, 7) is 0.855. The highest BCUT2D eigenvalue weighted by Crippen LogP contribution is 2.25. The van der Waals surface area contributed by atoms with Crippen LogP contribution in [0.5, 0.6) is 0 Å². The predicted octanol–water partition coefficient (Wildman–Crippen LogP) is 1.98. The van der Waals surface area contributed by atoms with Crippen molar-refractivity contribution in [1.82, 2.24) is 15.1 Å². The van der Waals surface area contributed by atoms with E-state index in [1.165, 1.54) is 9.80 Å². The van der Waals surface area contributed by atoms with E-state index in [0.29, 0.717) is 24.6 Å². The smallest absolute Gasteiger partial charge is 0.407 e. The molecule has 0 aromatic heterocycles. The second-order valence-electron chi connectivity index (χ2n) is 5.89. The van der Waals surface area contributed by atoms with E-state index in [1.54, 1.807) is 0 Å². The summed E-state index contributed by atoms with van der Waals surface area (Å²) >= 11 is 5.35. The first-order valence-corrected chi connectivity index (χ1v) is 8.12. The Kier molecular flexibility index (Phi) is 4.47. The average Bonchev–Trinajstić information content (AvgIpc) is 3.00. The number of carbonyl (C=O) groups excluding carboxylic acids is 1. The van der Waals surface area contributed by atoms with Gasteiger partial charge in [-0.1, -0.05) is 30.3 Å². The third kappa shape index (κ3) is 3.29. The number of benzene rings is 1. The summed E-state index contributed by atoms with van der Waals surface area (Å²) in [5.74, 6) is -0.0557. The van der Waals surface area contributed by atoms with Crippen LogP contribution < -0.4 is 5.32 Å². The minimum absolute atomic E-state index is 0.0557. The number of likely N-dealkylation sites (tertiary alicyclic amines) is 1. The topological polar surface area (TPSA) is 72.9 Å². The Bertz CT molecular complexity index is 604. The standard InChI is InChI=1S/C16H19N3O3S/c20-14-9-13(11-5-2-1-3-6-11)17-15(23)19(14)10-12-7-4-8-18(12)16(21)22/h1-3,5-6,12-13H,4,7-10H2,(H,17,23)(H,21,22). The number of nitrogens with zero attached hydrogens (tertiary/aromatic N) is 2. The first kappa shape index (κ1) is 15.7. The van der Waals surface area contributed by atoms with Gasteiger partial charge in [-0.15, -0.1) is 0 Å². The van der Waals surface area contributed by atoms with E-state index >= 15 is 0 Å². The van der Waals surface area contributed by atoms with Crippen LogP contribution in [0.4, 0.5) is 4.79 Å². The fourth-order valence-corrected chi connectivity index (χ4v) is 3.55. The molecule has 2 N–H and O–H groups in total. The molecule has 2 fully saturated rings. The van der Waals surface area contributed by atoms with Crippen LogP contribution >= 0.6 is 12.2 Å². The molecule has 2 heterocycles. The van der Waals surface area contributed by atoms with Crippen molar-refractivity contribution in [3.05, 3.63) is 35.9 Å². The van der Waals surface area contributed by atoms with Gasteiger partial charge in [0, 0.05) is 13.1 Å². The lowest BCUT2D eigenvalue weighted by Crippen LogP contribution is -2.55. The summed E-state index contributed by atoms with van der Waals surface area (Å²) in [6, 6.07) is 9.43.